The molecule has 0 unspecified atom stereocenters. The number of aromatic nitrogens is 4. The van der Waals surface area contributed by atoms with Crippen LogP contribution >= 0.6 is 0 Å². The van der Waals surface area contributed by atoms with Gasteiger partial charge in [-0.1, -0.05) is 0 Å². The van der Waals surface area contributed by atoms with Crippen molar-refractivity contribution in [2.75, 3.05) is 5.73 Å². The lowest BCUT2D eigenvalue weighted by Crippen LogP contribution is -2.22. The van der Waals surface area contributed by atoms with Crippen molar-refractivity contribution in [2.24, 2.45) is 7.05 Å². The molecule has 2 heterocycles. The van der Waals surface area contributed by atoms with Crippen LogP contribution in [0.15, 0.2) is 29.5 Å². The Morgan fingerprint density at radius 2 is 2.20 bits per heavy atom. The maximum absolute atomic E-state index is 11.4. The molecule has 0 fully saturated rings. The van der Waals surface area contributed by atoms with E-state index >= 15 is 0 Å². The molecule has 0 bridgehead atoms. The van der Waals surface area contributed by atoms with Crippen LogP contribution in [0.3, 0.4) is 0 Å². The van der Waals surface area contributed by atoms with E-state index in [-0.39, 0.29) is 5.56 Å². The molecule has 78 valence electrons. The molecule has 2 rings (SSSR count). The monoisotopic (exact) mass is 205 g/mol. The number of aryl methyl sites for hydroxylation is 1. The maximum Gasteiger partial charge on any atom is 0.269 e. The average Bonchev–Trinajstić information content (AvgIpc) is 2.56. The van der Waals surface area contributed by atoms with Crippen LogP contribution in [0.5, 0.6) is 0 Å². The second-order valence-corrected chi connectivity index (χ2v) is 3.31. The molecule has 15 heavy (non-hydrogen) atoms. The predicted octanol–water partition coefficient (Wildman–Crippen LogP) is -0.393. The zero-order valence-corrected chi connectivity index (χ0v) is 8.29. The molecule has 0 radical (unpaired) electrons. The Balaban J connectivity index is 2.28. The molecule has 0 aliphatic carbocycles. The fraction of sp³-hybridized carbons (Fsp3) is 0.222. The van der Waals surface area contributed by atoms with Crippen molar-refractivity contribution < 1.29 is 0 Å². The van der Waals surface area contributed by atoms with E-state index in [1.807, 2.05) is 13.2 Å². The second-order valence-electron chi connectivity index (χ2n) is 3.31. The van der Waals surface area contributed by atoms with Crippen molar-refractivity contribution in [3.8, 4) is 0 Å². The summed E-state index contributed by atoms with van der Waals surface area (Å²) < 4.78 is 3.02. The summed E-state index contributed by atoms with van der Waals surface area (Å²) in [6.07, 6.45) is 4.99. The minimum atomic E-state index is -0.209. The van der Waals surface area contributed by atoms with Crippen molar-refractivity contribution in [1.29, 1.82) is 0 Å². The molecule has 0 aromatic carbocycles. The third kappa shape index (κ3) is 2.04. The van der Waals surface area contributed by atoms with Crippen molar-refractivity contribution in [3.63, 3.8) is 0 Å². The van der Waals surface area contributed by atoms with E-state index in [0.717, 1.165) is 5.56 Å². The summed E-state index contributed by atoms with van der Waals surface area (Å²) in [6.45, 7) is 0.410. The average molecular weight is 205 g/mol. The highest BCUT2D eigenvalue weighted by molar-refractivity contribution is 5.31. The first-order valence-corrected chi connectivity index (χ1v) is 4.45. The highest BCUT2D eigenvalue weighted by Crippen LogP contribution is 1.98. The third-order valence-corrected chi connectivity index (χ3v) is 1.98. The van der Waals surface area contributed by atoms with Gasteiger partial charge in [0.05, 0.1) is 24.6 Å². The zero-order chi connectivity index (χ0) is 10.8. The molecule has 6 nitrogen and oxygen atoms in total. The molecule has 0 saturated heterocycles. The Morgan fingerprint density at radius 1 is 1.40 bits per heavy atom. The van der Waals surface area contributed by atoms with Gasteiger partial charge < -0.3 is 5.73 Å². The van der Waals surface area contributed by atoms with Gasteiger partial charge in [0.25, 0.3) is 5.56 Å². The first-order valence-electron chi connectivity index (χ1n) is 4.45. The number of nitrogen functional groups attached to an aromatic ring is 1. The molecular weight excluding hydrogens is 194 g/mol. The number of hydrogen-bond donors (Lipinski definition) is 1. The van der Waals surface area contributed by atoms with E-state index in [0.29, 0.717) is 12.2 Å². The van der Waals surface area contributed by atoms with Gasteiger partial charge in [-0.3, -0.25) is 9.48 Å². The lowest BCUT2D eigenvalue weighted by Gasteiger charge is -2.01. The Bertz CT molecular complexity index is 527. The normalized spacial score (nSPS) is 10.5. The van der Waals surface area contributed by atoms with Gasteiger partial charge in [0.2, 0.25) is 0 Å². The SMILES string of the molecule is Cn1cc(Cn2ncc(N)cc2=O)cn1. The summed E-state index contributed by atoms with van der Waals surface area (Å²) in [4.78, 5) is 11.4. The summed E-state index contributed by atoms with van der Waals surface area (Å²) in [5, 5.41) is 7.93. The van der Waals surface area contributed by atoms with Gasteiger partial charge in [-0.15, -0.1) is 0 Å². The summed E-state index contributed by atoms with van der Waals surface area (Å²) in [5.74, 6) is 0. The van der Waals surface area contributed by atoms with E-state index in [2.05, 4.69) is 10.2 Å². The number of nitrogens with zero attached hydrogens (tertiary/aromatic N) is 4. The van der Waals surface area contributed by atoms with Crippen LogP contribution in [0.1, 0.15) is 5.56 Å². The van der Waals surface area contributed by atoms with E-state index < -0.39 is 0 Å². The van der Waals surface area contributed by atoms with Gasteiger partial charge in [0.15, 0.2) is 0 Å². The van der Waals surface area contributed by atoms with Crippen LogP contribution < -0.4 is 11.3 Å². The molecule has 2 aromatic heterocycles. The molecule has 0 spiro atoms. The third-order valence-electron chi connectivity index (χ3n) is 1.98. The summed E-state index contributed by atoms with van der Waals surface area (Å²) in [5.41, 5.74) is 6.53. The number of nitrogens with two attached hydrogens (primary N) is 1. The van der Waals surface area contributed by atoms with Crippen LogP contribution in [-0.2, 0) is 13.6 Å². The van der Waals surface area contributed by atoms with Crippen molar-refractivity contribution in [1.82, 2.24) is 19.6 Å². The van der Waals surface area contributed by atoms with Gasteiger partial charge in [-0.25, -0.2) is 4.68 Å². The number of anilines is 1. The minimum absolute atomic E-state index is 0.209. The largest absolute Gasteiger partial charge is 0.397 e. The molecular formula is C9H11N5O. The topological polar surface area (TPSA) is 78.7 Å². The second kappa shape index (κ2) is 3.56. The predicted molar refractivity (Wildman–Crippen MR) is 55.2 cm³/mol. The van der Waals surface area contributed by atoms with Crippen molar-refractivity contribution in [3.05, 3.63) is 40.6 Å². The Labute approximate surface area is 85.9 Å². The minimum Gasteiger partial charge on any atom is -0.397 e. The molecule has 0 aliphatic rings. The quantitative estimate of drug-likeness (QED) is 0.724. The molecule has 6 heteroatoms. The number of hydrogen-bond acceptors (Lipinski definition) is 4. The zero-order valence-electron chi connectivity index (χ0n) is 8.29. The van der Waals surface area contributed by atoms with Crippen LogP contribution in [0.4, 0.5) is 5.69 Å². The highest BCUT2D eigenvalue weighted by atomic mass is 16.1. The fourth-order valence-corrected chi connectivity index (χ4v) is 1.29. The molecule has 2 N–H and O–H groups in total. The van der Waals surface area contributed by atoms with Crippen LogP contribution in [0.2, 0.25) is 0 Å². The Kier molecular flexibility index (Phi) is 2.24. The highest BCUT2D eigenvalue weighted by Gasteiger charge is 2.01. The fourth-order valence-electron chi connectivity index (χ4n) is 1.29. The number of rotatable bonds is 2. The lowest BCUT2D eigenvalue weighted by molar-refractivity contribution is 0.639. The molecule has 0 aliphatic heterocycles. The Hall–Kier alpha value is -2.11. The van der Waals surface area contributed by atoms with E-state index in [4.69, 9.17) is 5.73 Å². The summed E-state index contributed by atoms with van der Waals surface area (Å²) in [6, 6.07) is 1.35. The van der Waals surface area contributed by atoms with E-state index in [1.165, 1.54) is 16.9 Å². The van der Waals surface area contributed by atoms with Crippen LogP contribution in [0, 0.1) is 0 Å². The van der Waals surface area contributed by atoms with Gasteiger partial charge >= 0.3 is 0 Å². The van der Waals surface area contributed by atoms with Gasteiger partial charge in [-0.2, -0.15) is 10.2 Å². The van der Waals surface area contributed by atoms with Crippen molar-refractivity contribution in [2.45, 2.75) is 6.54 Å². The molecule has 2 aromatic rings. The smallest absolute Gasteiger partial charge is 0.269 e. The van der Waals surface area contributed by atoms with Crippen LogP contribution in [-0.4, -0.2) is 19.6 Å². The molecule has 0 saturated carbocycles. The molecule has 0 amide bonds. The summed E-state index contributed by atoms with van der Waals surface area (Å²) >= 11 is 0. The first-order chi connectivity index (χ1) is 7.15. The standard InChI is InChI=1S/C9H11N5O/c1-13-5-7(3-11-13)6-14-9(15)2-8(10)4-12-14/h2-5H,6,10H2,1H3. The van der Waals surface area contributed by atoms with E-state index in [1.54, 1.807) is 10.9 Å². The van der Waals surface area contributed by atoms with Crippen molar-refractivity contribution >= 4 is 5.69 Å². The Morgan fingerprint density at radius 3 is 2.80 bits per heavy atom. The maximum atomic E-state index is 11.4. The van der Waals surface area contributed by atoms with Gasteiger partial charge in [0, 0.05) is 24.9 Å². The lowest BCUT2D eigenvalue weighted by atomic mass is 10.3. The van der Waals surface area contributed by atoms with E-state index in [9.17, 15) is 4.79 Å². The van der Waals surface area contributed by atoms with Crippen LogP contribution in [0.25, 0.3) is 0 Å². The van der Waals surface area contributed by atoms with Gasteiger partial charge in [-0.05, 0) is 0 Å². The van der Waals surface area contributed by atoms with Gasteiger partial charge in [0.1, 0.15) is 0 Å². The molecule has 0 atom stereocenters. The first kappa shape index (κ1) is 9.45. The summed E-state index contributed by atoms with van der Waals surface area (Å²) in [7, 11) is 1.82.